The van der Waals surface area contributed by atoms with E-state index in [2.05, 4.69) is 31.1 Å². The lowest BCUT2D eigenvalue weighted by Crippen LogP contribution is -2.20. The molecule has 5 heteroatoms. The van der Waals surface area contributed by atoms with Crippen LogP contribution in [-0.2, 0) is 4.79 Å². The molecule has 0 N–H and O–H groups in total. The molecule has 60 valence electrons. The molecule has 0 amide bonds. The van der Waals surface area contributed by atoms with Gasteiger partial charge in [0.2, 0.25) is 0 Å². The number of aldehydes is 1. The molecule has 0 fully saturated rings. The van der Waals surface area contributed by atoms with Gasteiger partial charge in [0.15, 0.2) is 12.1 Å². The Morgan fingerprint density at radius 2 is 2.33 bits per heavy atom. The summed E-state index contributed by atoms with van der Waals surface area (Å²) in [5.41, 5.74) is 0.416. The van der Waals surface area contributed by atoms with Gasteiger partial charge < -0.3 is 0 Å². The second-order valence-electron chi connectivity index (χ2n) is 2.39. The van der Waals surface area contributed by atoms with Gasteiger partial charge in [0.25, 0.3) is 0 Å². The van der Waals surface area contributed by atoms with Crippen molar-refractivity contribution in [2.24, 2.45) is 21.1 Å². The third-order valence-corrected chi connectivity index (χ3v) is 2.10. The average molecular weight is 226 g/mol. The number of rotatable bonds is 1. The van der Waals surface area contributed by atoms with E-state index < -0.39 is 0 Å². The summed E-state index contributed by atoms with van der Waals surface area (Å²) in [5, 5.41) is 7.44. The minimum Gasteiger partial charge on any atom is -0.296 e. The van der Waals surface area contributed by atoms with Crippen molar-refractivity contribution in [1.29, 1.82) is 0 Å². The summed E-state index contributed by atoms with van der Waals surface area (Å²) >= 11 is 3.27. The normalized spacial score (nSPS) is 25.8. The van der Waals surface area contributed by atoms with Crippen molar-refractivity contribution in [3.05, 3.63) is 10.6 Å². The second kappa shape index (κ2) is 2.75. The number of amidine groups is 1. The first kappa shape index (κ1) is 7.54. The van der Waals surface area contributed by atoms with Crippen molar-refractivity contribution in [2.75, 3.05) is 0 Å². The minimum absolute atomic E-state index is 0.151. The van der Waals surface area contributed by atoms with Gasteiger partial charge in [-0.1, -0.05) is 6.08 Å². The van der Waals surface area contributed by atoms with E-state index in [4.69, 9.17) is 0 Å². The fourth-order valence-electron chi connectivity index (χ4n) is 1.06. The number of fused-ring (bicyclic) bond motifs is 1. The molecule has 4 nitrogen and oxygen atoms in total. The largest absolute Gasteiger partial charge is 0.296 e. The van der Waals surface area contributed by atoms with Crippen LogP contribution in [0.1, 0.15) is 0 Å². The maximum atomic E-state index is 10.5. The van der Waals surface area contributed by atoms with Crippen LogP contribution in [0.25, 0.3) is 0 Å². The van der Waals surface area contributed by atoms with Gasteiger partial charge in [0.05, 0.1) is 5.92 Å². The van der Waals surface area contributed by atoms with Gasteiger partial charge in [-0.15, -0.1) is 10.2 Å². The van der Waals surface area contributed by atoms with E-state index >= 15 is 0 Å². The van der Waals surface area contributed by atoms with E-state index in [0.717, 1.165) is 4.48 Å². The average Bonchev–Trinajstić information content (AvgIpc) is 2.46. The Kier molecular flexibility index (Phi) is 1.73. The highest BCUT2D eigenvalue weighted by Crippen LogP contribution is 2.20. The van der Waals surface area contributed by atoms with Crippen molar-refractivity contribution in [3.8, 4) is 0 Å². The molecule has 0 aromatic rings. The monoisotopic (exact) mass is 225 g/mol. The zero-order chi connectivity index (χ0) is 8.55. The third-order valence-electron chi connectivity index (χ3n) is 1.63. The Bertz CT molecular complexity index is 342. The molecule has 0 radical (unpaired) electrons. The number of nitrogens with zero attached hydrogens (tertiary/aromatic N) is 3. The van der Waals surface area contributed by atoms with Crippen molar-refractivity contribution in [1.82, 2.24) is 0 Å². The van der Waals surface area contributed by atoms with Crippen LogP contribution < -0.4 is 0 Å². The third kappa shape index (κ3) is 1.06. The first-order valence-corrected chi connectivity index (χ1v) is 4.12. The van der Waals surface area contributed by atoms with E-state index in [-0.39, 0.29) is 5.92 Å². The van der Waals surface area contributed by atoms with Gasteiger partial charge in [-0.3, -0.25) is 4.79 Å². The molecule has 1 atom stereocenters. The number of hydrogen-bond acceptors (Lipinski definition) is 4. The first-order chi connectivity index (χ1) is 5.81. The quantitative estimate of drug-likeness (QED) is 0.613. The summed E-state index contributed by atoms with van der Waals surface area (Å²) in [6, 6.07) is 0. The van der Waals surface area contributed by atoms with E-state index in [1.165, 1.54) is 0 Å². The number of carbonyl (C=O) groups excluding carboxylic acids is 1. The lowest BCUT2D eigenvalue weighted by atomic mass is 10.0. The van der Waals surface area contributed by atoms with E-state index in [1.54, 1.807) is 6.21 Å². The van der Waals surface area contributed by atoms with Gasteiger partial charge in [0, 0.05) is 10.7 Å². The topological polar surface area (TPSA) is 54.1 Å². The van der Waals surface area contributed by atoms with Crippen LogP contribution in [0.4, 0.5) is 0 Å². The molecule has 0 saturated carbocycles. The number of dihydropyridines is 1. The fourth-order valence-corrected chi connectivity index (χ4v) is 1.43. The first-order valence-electron chi connectivity index (χ1n) is 3.33. The zero-order valence-electron chi connectivity index (χ0n) is 5.94. The smallest absolute Gasteiger partial charge is 0.167 e. The van der Waals surface area contributed by atoms with E-state index in [0.29, 0.717) is 17.8 Å². The molecule has 2 aliphatic rings. The summed E-state index contributed by atoms with van der Waals surface area (Å²) in [5.74, 6) is 0.433. The number of halogens is 1. The Hall–Kier alpha value is -1.10. The van der Waals surface area contributed by atoms with Crippen molar-refractivity contribution < 1.29 is 4.79 Å². The Morgan fingerprint density at radius 1 is 1.50 bits per heavy atom. The summed E-state index contributed by atoms with van der Waals surface area (Å²) in [6.07, 6.45) is 4.20. The highest BCUT2D eigenvalue weighted by molar-refractivity contribution is 9.12. The molecule has 0 spiro atoms. The number of allylic oxidation sites excluding steroid dienone is 1. The van der Waals surface area contributed by atoms with Gasteiger partial charge in [-0.05, 0) is 15.9 Å². The van der Waals surface area contributed by atoms with E-state index in [1.807, 2.05) is 6.08 Å². The zero-order valence-corrected chi connectivity index (χ0v) is 7.52. The SMILES string of the molecule is O=CC1=NN=C2N=CC(Br)=C[C@@H]12. The Labute approximate surface area is 76.9 Å². The predicted molar refractivity (Wildman–Crippen MR) is 49.9 cm³/mol. The summed E-state index contributed by atoms with van der Waals surface area (Å²) in [7, 11) is 0. The molecule has 2 rings (SSSR count). The van der Waals surface area contributed by atoms with Gasteiger partial charge in [-0.2, -0.15) is 0 Å². The van der Waals surface area contributed by atoms with E-state index in [9.17, 15) is 4.79 Å². The summed E-state index contributed by atoms with van der Waals surface area (Å²) in [4.78, 5) is 14.5. The van der Waals surface area contributed by atoms with Crippen LogP contribution in [0.2, 0.25) is 0 Å². The summed E-state index contributed by atoms with van der Waals surface area (Å²) < 4.78 is 0.850. The molecule has 0 aromatic heterocycles. The predicted octanol–water partition coefficient (Wildman–Crippen LogP) is 0.933. The number of aliphatic imine (C=N–C) groups is 1. The number of hydrogen-bond donors (Lipinski definition) is 0. The van der Waals surface area contributed by atoms with Crippen LogP contribution in [0, 0.1) is 5.92 Å². The lowest BCUT2D eigenvalue weighted by Gasteiger charge is -2.07. The minimum atomic E-state index is -0.151. The fraction of sp³-hybridized carbons (Fsp3) is 0.143. The molecule has 0 aliphatic carbocycles. The van der Waals surface area contributed by atoms with Crippen molar-refractivity contribution in [3.63, 3.8) is 0 Å². The summed E-state index contributed by atoms with van der Waals surface area (Å²) in [6.45, 7) is 0. The van der Waals surface area contributed by atoms with Crippen LogP contribution in [-0.4, -0.2) is 24.0 Å². The Balaban J connectivity index is 2.37. The molecular weight excluding hydrogens is 222 g/mol. The highest BCUT2D eigenvalue weighted by Gasteiger charge is 2.26. The van der Waals surface area contributed by atoms with Gasteiger partial charge in [0.1, 0.15) is 5.71 Å². The molecule has 0 bridgehead atoms. The molecule has 0 unspecified atom stereocenters. The molecule has 0 aromatic carbocycles. The highest BCUT2D eigenvalue weighted by atomic mass is 79.9. The van der Waals surface area contributed by atoms with Crippen LogP contribution in [0.5, 0.6) is 0 Å². The van der Waals surface area contributed by atoms with Crippen LogP contribution in [0.15, 0.2) is 25.8 Å². The van der Waals surface area contributed by atoms with Crippen LogP contribution in [0.3, 0.4) is 0 Å². The molecular formula is C7H4BrN3O. The standard InChI is InChI=1S/C7H4BrN3O/c8-4-1-5-6(3-12)10-11-7(5)9-2-4/h1-3,5H/t5-/m0/s1. The second-order valence-corrected chi connectivity index (χ2v) is 3.30. The van der Waals surface area contributed by atoms with Crippen molar-refractivity contribution >= 4 is 40.0 Å². The maximum Gasteiger partial charge on any atom is 0.167 e. The lowest BCUT2D eigenvalue weighted by molar-refractivity contribution is -0.102. The van der Waals surface area contributed by atoms with Crippen molar-refractivity contribution in [2.45, 2.75) is 0 Å². The molecule has 12 heavy (non-hydrogen) atoms. The van der Waals surface area contributed by atoms with Gasteiger partial charge >= 0.3 is 0 Å². The molecule has 0 saturated heterocycles. The van der Waals surface area contributed by atoms with Crippen LogP contribution >= 0.6 is 15.9 Å². The molecule has 2 aliphatic heterocycles. The number of carbonyl (C=O) groups is 1. The molecule has 2 heterocycles. The Morgan fingerprint density at radius 3 is 3.08 bits per heavy atom. The van der Waals surface area contributed by atoms with Gasteiger partial charge in [-0.25, -0.2) is 4.99 Å². The maximum absolute atomic E-state index is 10.5.